The van der Waals surface area contributed by atoms with Gasteiger partial charge in [-0.15, -0.1) is 0 Å². The van der Waals surface area contributed by atoms with Crippen LogP contribution in [0.2, 0.25) is 0 Å². The third-order valence-electron chi connectivity index (χ3n) is 13.7. The summed E-state index contributed by atoms with van der Waals surface area (Å²) in [6.45, 7) is 6.33. The van der Waals surface area contributed by atoms with Crippen LogP contribution >= 0.6 is 0 Å². The van der Waals surface area contributed by atoms with Crippen molar-refractivity contribution < 1.29 is 28.6 Å². The molecule has 1 atom stereocenters. The summed E-state index contributed by atoms with van der Waals surface area (Å²) < 4.78 is 16.9. The molecule has 0 radical (unpaired) electrons. The molecule has 83 heavy (non-hydrogen) atoms. The van der Waals surface area contributed by atoms with Crippen LogP contribution < -0.4 is 0 Å². The van der Waals surface area contributed by atoms with E-state index in [1.54, 1.807) is 0 Å². The lowest BCUT2D eigenvalue weighted by molar-refractivity contribution is -0.167. The van der Waals surface area contributed by atoms with E-state index < -0.39 is 6.10 Å². The van der Waals surface area contributed by atoms with E-state index in [9.17, 15) is 14.4 Å². The molecule has 0 aromatic carbocycles. The highest BCUT2D eigenvalue weighted by molar-refractivity contribution is 5.71. The van der Waals surface area contributed by atoms with E-state index in [2.05, 4.69) is 191 Å². The Kier molecular flexibility index (Phi) is 64.9. The topological polar surface area (TPSA) is 78.9 Å². The van der Waals surface area contributed by atoms with Crippen LogP contribution in [0.4, 0.5) is 0 Å². The highest BCUT2D eigenvalue weighted by Gasteiger charge is 2.19. The number of carbonyl (C=O) groups excluding carboxylic acids is 3. The van der Waals surface area contributed by atoms with Gasteiger partial charge in [0.1, 0.15) is 13.2 Å². The maximum atomic E-state index is 13.0. The summed E-state index contributed by atoms with van der Waals surface area (Å²) in [5.74, 6) is -0.996. The van der Waals surface area contributed by atoms with Crippen molar-refractivity contribution in [2.24, 2.45) is 0 Å². The fourth-order valence-corrected chi connectivity index (χ4v) is 8.71. The highest BCUT2D eigenvalue weighted by Crippen LogP contribution is 2.15. The molecule has 0 amide bonds. The molecule has 0 fully saturated rings. The minimum absolute atomic E-state index is 0.118. The van der Waals surface area contributed by atoms with Gasteiger partial charge in [0, 0.05) is 19.3 Å². The standard InChI is InChI=1S/C77H122O6/c1-4-7-10-13-16-19-22-25-28-30-32-34-36-38-40-42-44-46-49-52-55-58-61-64-67-70-76(79)82-73-74(72-81-75(78)69-66-63-60-57-54-51-48-27-24-21-18-15-12-9-6-3)83-77(80)71-68-65-62-59-56-53-50-47-45-43-41-39-37-35-33-31-29-26-23-20-17-14-11-8-5-2/h7,9-10,12,16,18-19,21,23,25-28,31-34,37-40,44,46,48,52,54-55,57,74H,4-6,8,11,13-15,17,20,22,24,29-30,35-36,41-43,45,47,49-51,53,56,58-73H2,1-3H3/b10-7-,12-9-,19-16-,21-18-,26-23-,28-25-,33-31-,34-32-,39-37-,40-38-,46-44-,48-27-,55-52-,57-54-. The number of unbranched alkanes of at least 4 members (excludes halogenated alkanes) is 20. The number of carbonyl (C=O) groups is 3. The Morgan fingerprint density at radius 2 is 0.470 bits per heavy atom. The Morgan fingerprint density at radius 1 is 0.253 bits per heavy atom. The van der Waals surface area contributed by atoms with Crippen molar-refractivity contribution in [2.75, 3.05) is 13.2 Å². The Morgan fingerprint density at radius 3 is 0.771 bits per heavy atom. The summed E-state index contributed by atoms with van der Waals surface area (Å²) in [5, 5.41) is 0. The summed E-state index contributed by atoms with van der Waals surface area (Å²) >= 11 is 0. The molecule has 0 aromatic heterocycles. The van der Waals surface area contributed by atoms with E-state index in [-0.39, 0.29) is 31.1 Å². The smallest absolute Gasteiger partial charge is 0.306 e. The molecule has 0 N–H and O–H groups in total. The first-order chi connectivity index (χ1) is 41.0. The lowest BCUT2D eigenvalue weighted by atomic mass is 10.0. The molecule has 0 spiro atoms. The largest absolute Gasteiger partial charge is 0.462 e. The number of esters is 3. The van der Waals surface area contributed by atoms with Crippen LogP contribution in [0, 0.1) is 0 Å². The van der Waals surface area contributed by atoms with Crippen LogP contribution in [0.25, 0.3) is 0 Å². The van der Waals surface area contributed by atoms with E-state index in [0.717, 1.165) is 141 Å². The van der Waals surface area contributed by atoms with Gasteiger partial charge in [0.2, 0.25) is 0 Å². The first-order valence-corrected chi connectivity index (χ1v) is 33.6. The SMILES string of the molecule is CC/C=C\C/C=C\C/C=C\C/C=C\C/C=C\C/C=C\C/C=C\CCCCCC(=O)OCC(COC(=O)CCCC/C=C\C/C=C\C/C=C\C/C=C\CC)OC(=O)CCCCCCCCCCCC/C=C\C/C=C\C/C=C\CCCCCCC. The first kappa shape index (κ1) is 77.8. The maximum Gasteiger partial charge on any atom is 0.306 e. The van der Waals surface area contributed by atoms with Gasteiger partial charge in [0.15, 0.2) is 6.10 Å². The van der Waals surface area contributed by atoms with Crippen LogP contribution in [-0.2, 0) is 28.6 Å². The molecule has 0 heterocycles. The van der Waals surface area contributed by atoms with Crippen molar-refractivity contribution in [1.29, 1.82) is 0 Å². The van der Waals surface area contributed by atoms with E-state index in [1.807, 2.05) is 0 Å². The minimum atomic E-state index is -0.823. The van der Waals surface area contributed by atoms with Gasteiger partial charge in [-0.1, -0.05) is 274 Å². The monoisotopic (exact) mass is 1140 g/mol. The van der Waals surface area contributed by atoms with Crippen molar-refractivity contribution in [3.8, 4) is 0 Å². The average Bonchev–Trinajstić information content (AvgIpc) is 3.49. The van der Waals surface area contributed by atoms with E-state index in [0.29, 0.717) is 25.7 Å². The molecule has 0 aliphatic rings. The van der Waals surface area contributed by atoms with Crippen LogP contribution in [0.15, 0.2) is 170 Å². The molecular weight excluding hydrogens is 1020 g/mol. The first-order valence-electron chi connectivity index (χ1n) is 33.6. The average molecular weight is 1140 g/mol. The van der Waals surface area contributed by atoms with Crippen LogP contribution in [0.3, 0.4) is 0 Å². The van der Waals surface area contributed by atoms with Crippen LogP contribution in [0.5, 0.6) is 0 Å². The van der Waals surface area contributed by atoms with E-state index in [1.165, 1.54) is 89.9 Å². The molecule has 0 saturated carbocycles. The fourth-order valence-electron chi connectivity index (χ4n) is 8.71. The lowest BCUT2D eigenvalue weighted by Gasteiger charge is -2.18. The van der Waals surface area contributed by atoms with Gasteiger partial charge in [0.05, 0.1) is 0 Å². The highest BCUT2D eigenvalue weighted by atomic mass is 16.6. The lowest BCUT2D eigenvalue weighted by Crippen LogP contribution is -2.30. The Labute approximate surface area is 511 Å². The predicted octanol–water partition coefficient (Wildman–Crippen LogP) is 23.4. The summed E-state index contributed by atoms with van der Waals surface area (Å²) in [6.07, 6.45) is 102. The fraction of sp³-hybridized carbons (Fsp3) is 0.597. The van der Waals surface area contributed by atoms with Gasteiger partial charge in [-0.25, -0.2) is 0 Å². The van der Waals surface area contributed by atoms with Gasteiger partial charge < -0.3 is 14.2 Å². The molecule has 0 rings (SSSR count). The number of hydrogen-bond donors (Lipinski definition) is 0. The van der Waals surface area contributed by atoms with E-state index in [4.69, 9.17) is 14.2 Å². The molecule has 0 aliphatic carbocycles. The van der Waals surface area contributed by atoms with E-state index >= 15 is 0 Å². The molecule has 6 nitrogen and oxygen atoms in total. The number of hydrogen-bond acceptors (Lipinski definition) is 6. The molecule has 466 valence electrons. The molecular formula is C77H122O6. The second-order valence-electron chi connectivity index (χ2n) is 21.6. The summed E-state index contributed by atoms with van der Waals surface area (Å²) in [4.78, 5) is 38.4. The molecule has 0 bridgehead atoms. The van der Waals surface area contributed by atoms with Crippen LogP contribution in [-0.4, -0.2) is 37.2 Å². The Balaban J connectivity index is 4.49. The second kappa shape index (κ2) is 69.3. The number of allylic oxidation sites excluding steroid dienone is 28. The minimum Gasteiger partial charge on any atom is -0.462 e. The quantitative estimate of drug-likeness (QED) is 0.0261. The zero-order valence-corrected chi connectivity index (χ0v) is 53.4. The maximum absolute atomic E-state index is 13.0. The van der Waals surface area contributed by atoms with Gasteiger partial charge >= 0.3 is 17.9 Å². The number of rotatable bonds is 59. The van der Waals surface area contributed by atoms with Gasteiger partial charge in [-0.2, -0.15) is 0 Å². The summed E-state index contributed by atoms with van der Waals surface area (Å²) in [5.41, 5.74) is 0. The zero-order valence-electron chi connectivity index (χ0n) is 53.4. The molecule has 6 heteroatoms. The summed E-state index contributed by atoms with van der Waals surface area (Å²) in [6, 6.07) is 0. The van der Waals surface area contributed by atoms with Crippen molar-refractivity contribution in [3.05, 3.63) is 170 Å². The predicted molar refractivity (Wildman–Crippen MR) is 361 cm³/mol. The van der Waals surface area contributed by atoms with Gasteiger partial charge in [-0.3, -0.25) is 14.4 Å². The van der Waals surface area contributed by atoms with Crippen molar-refractivity contribution in [1.82, 2.24) is 0 Å². The molecule has 0 saturated heterocycles. The van der Waals surface area contributed by atoms with Crippen molar-refractivity contribution in [2.45, 2.75) is 284 Å². The van der Waals surface area contributed by atoms with Crippen molar-refractivity contribution >= 4 is 17.9 Å². The third-order valence-corrected chi connectivity index (χ3v) is 13.7. The molecule has 1 unspecified atom stereocenters. The Bertz CT molecular complexity index is 1890. The van der Waals surface area contributed by atoms with Gasteiger partial charge in [-0.05, 0) is 154 Å². The normalized spacial score (nSPS) is 13.2. The van der Waals surface area contributed by atoms with Crippen molar-refractivity contribution in [3.63, 3.8) is 0 Å². The molecule has 0 aromatic rings. The number of ether oxygens (including phenoxy) is 3. The Hall–Kier alpha value is -5.23. The summed E-state index contributed by atoms with van der Waals surface area (Å²) in [7, 11) is 0. The van der Waals surface area contributed by atoms with Crippen LogP contribution in [0.1, 0.15) is 278 Å². The second-order valence-corrected chi connectivity index (χ2v) is 21.6. The van der Waals surface area contributed by atoms with Gasteiger partial charge in [0.25, 0.3) is 0 Å². The zero-order chi connectivity index (χ0) is 59.9. The molecule has 0 aliphatic heterocycles. The third kappa shape index (κ3) is 67.4.